The Balaban J connectivity index is 1.48. The Morgan fingerprint density at radius 3 is 2.47 bits per heavy atom. The topological polar surface area (TPSA) is 91.2 Å². The van der Waals surface area contributed by atoms with Gasteiger partial charge in [-0.2, -0.15) is 23.8 Å². The van der Waals surface area contributed by atoms with Gasteiger partial charge in [0.15, 0.2) is 5.82 Å². The van der Waals surface area contributed by atoms with E-state index in [1.165, 1.54) is 23.5 Å². The Labute approximate surface area is 217 Å². The standard InChI is InChI=1S/C22H16Cl2F4N2O4S2/c23-15-5-10(6-16(24)18(15)25)21(22(26,27)28)7-17(30-34-21)14-2-1-13(12-3-4-35-19(12)14)20(31)29-11-8-36(32,33)9-11/h1-6,11,32-33H,7-9H2,(H,29,31). The van der Waals surface area contributed by atoms with Crippen LogP contribution in [0.5, 0.6) is 0 Å². The zero-order chi connectivity index (χ0) is 26.0. The summed E-state index contributed by atoms with van der Waals surface area (Å²) in [5.74, 6) is -1.32. The van der Waals surface area contributed by atoms with Crippen molar-refractivity contribution in [3.63, 3.8) is 0 Å². The van der Waals surface area contributed by atoms with Gasteiger partial charge in [-0.25, -0.2) is 4.39 Å². The van der Waals surface area contributed by atoms with Gasteiger partial charge in [-0.1, -0.05) is 34.4 Å². The minimum absolute atomic E-state index is 0.0174. The van der Waals surface area contributed by atoms with Crippen molar-refractivity contribution in [2.24, 2.45) is 5.16 Å². The van der Waals surface area contributed by atoms with Crippen LogP contribution in [0.3, 0.4) is 0 Å². The molecule has 2 aliphatic rings. The molecule has 0 radical (unpaired) electrons. The van der Waals surface area contributed by atoms with Crippen LogP contribution in [0.25, 0.3) is 10.1 Å². The third-order valence-corrected chi connectivity index (χ3v) is 9.45. The zero-order valence-corrected chi connectivity index (χ0v) is 21.1. The van der Waals surface area contributed by atoms with Crippen molar-refractivity contribution in [1.82, 2.24) is 5.32 Å². The van der Waals surface area contributed by atoms with E-state index in [2.05, 4.69) is 10.5 Å². The molecule has 6 nitrogen and oxygen atoms in total. The number of rotatable bonds is 4. The lowest BCUT2D eigenvalue weighted by molar-refractivity contribution is -0.275. The van der Waals surface area contributed by atoms with E-state index in [1.807, 2.05) is 0 Å². The summed E-state index contributed by atoms with van der Waals surface area (Å²) < 4.78 is 76.5. The van der Waals surface area contributed by atoms with Crippen molar-refractivity contribution in [2.75, 3.05) is 11.5 Å². The molecule has 2 aliphatic heterocycles. The largest absolute Gasteiger partial charge is 0.435 e. The second-order valence-corrected chi connectivity index (χ2v) is 12.5. The number of benzene rings is 2. The molecule has 2 aromatic carbocycles. The molecule has 0 saturated carbocycles. The number of alkyl halides is 3. The molecule has 36 heavy (non-hydrogen) atoms. The van der Waals surface area contributed by atoms with E-state index in [0.717, 1.165) is 12.1 Å². The first-order valence-corrected chi connectivity index (χ1v) is 13.9. The molecule has 1 amide bonds. The molecule has 1 atom stereocenters. The van der Waals surface area contributed by atoms with Gasteiger partial charge in [0, 0.05) is 26.8 Å². The fraction of sp³-hybridized carbons (Fsp3) is 0.273. The van der Waals surface area contributed by atoms with Crippen molar-refractivity contribution >= 4 is 66.8 Å². The molecule has 3 heterocycles. The van der Waals surface area contributed by atoms with Gasteiger partial charge in [-0.15, -0.1) is 11.3 Å². The van der Waals surface area contributed by atoms with Gasteiger partial charge >= 0.3 is 6.18 Å². The minimum Gasteiger partial charge on any atom is -0.374 e. The highest BCUT2D eigenvalue weighted by Gasteiger charge is 2.62. The quantitative estimate of drug-likeness (QED) is 0.233. The molecule has 0 aliphatic carbocycles. The highest BCUT2D eigenvalue weighted by atomic mass is 35.5. The van der Waals surface area contributed by atoms with E-state index >= 15 is 0 Å². The average molecular weight is 583 g/mol. The number of carbonyl (C=O) groups is 1. The maximum Gasteiger partial charge on any atom is 0.435 e. The number of amides is 1. The molecule has 14 heteroatoms. The summed E-state index contributed by atoms with van der Waals surface area (Å²) in [6.45, 7) is 0. The molecular formula is C22H16Cl2F4N2O4S2. The number of carbonyl (C=O) groups excluding carboxylic acids is 1. The van der Waals surface area contributed by atoms with Crippen LogP contribution in [0.4, 0.5) is 17.6 Å². The van der Waals surface area contributed by atoms with Gasteiger partial charge in [0.2, 0.25) is 0 Å². The first kappa shape index (κ1) is 25.6. The van der Waals surface area contributed by atoms with Crippen molar-refractivity contribution in [3.05, 3.63) is 68.3 Å². The lowest BCUT2D eigenvalue weighted by atomic mass is 9.86. The molecule has 0 bridgehead atoms. The Morgan fingerprint density at radius 2 is 1.86 bits per heavy atom. The Kier molecular flexibility index (Phi) is 6.21. The molecule has 192 valence electrons. The average Bonchev–Trinajstić information content (AvgIpc) is 3.43. The maximum absolute atomic E-state index is 14.3. The number of oxime groups is 1. The number of halogens is 6. The highest BCUT2D eigenvalue weighted by molar-refractivity contribution is 8.25. The van der Waals surface area contributed by atoms with E-state index < -0.39 is 56.1 Å². The third kappa shape index (κ3) is 4.23. The van der Waals surface area contributed by atoms with Crippen LogP contribution in [0.2, 0.25) is 10.0 Å². The summed E-state index contributed by atoms with van der Waals surface area (Å²) in [6.07, 6.45) is -5.68. The van der Waals surface area contributed by atoms with Crippen LogP contribution in [0, 0.1) is 5.82 Å². The predicted molar refractivity (Wildman–Crippen MR) is 132 cm³/mol. The van der Waals surface area contributed by atoms with E-state index in [0.29, 0.717) is 15.6 Å². The Bertz CT molecular complexity index is 1400. The fourth-order valence-electron chi connectivity index (χ4n) is 4.27. The second kappa shape index (κ2) is 8.74. The van der Waals surface area contributed by atoms with Gasteiger partial charge in [-0.05, 0) is 29.6 Å². The molecule has 3 aromatic rings. The zero-order valence-electron chi connectivity index (χ0n) is 17.9. The molecular weight excluding hydrogens is 567 g/mol. The van der Waals surface area contributed by atoms with Crippen LogP contribution < -0.4 is 5.32 Å². The van der Waals surface area contributed by atoms with Gasteiger partial charge in [0.05, 0.1) is 39.7 Å². The number of nitrogens with one attached hydrogen (secondary N) is 1. The van der Waals surface area contributed by atoms with E-state index in [-0.39, 0.29) is 28.8 Å². The number of thiophene rings is 1. The Morgan fingerprint density at radius 1 is 1.19 bits per heavy atom. The maximum atomic E-state index is 14.3. The number of hydrogen-bond donors (Lipinski definition) is 3. The fourth-order valence-corrected chi connectivity index (χ4v) is 7.07. The molecule has 5 rings (SSSR count). The molecule has 1 fully saturated rings. The summed E-state index contributed by atoms with van der Waals surface area (Å²) in [6, 6.07) is 5.89. The van der Waals surface area contributed by atoms with Crippen molar-refractivity contribution in [3.8, 4) is 0 Å². The van der Waals surface area contributed by atoms with Gasteiger partial charge in [-0.3, -0.25) is 13.9 Å². The van der Waals surface area contributed by atoms with Crippen LogP contribution in [0.15, 0.2) is 40.9 Å². The number of fused-ring (bicyclic) bond motifs is 1. The SMILES string of the molecule is O=C(NC1CS(O)(O)C1)c1ccc(C2=NOC(c3cc(Cl)c(F)c(Cl)c3)(C(F)(F)F)C2)c2sccc12. The molecule has 1 aromatic heterocycles. The van der Waals surface area contributed by atoms with Gasteiger partial charge in [0.1, 0.15) is 0 Å². The van der Waals surface area contributed by atoms with Crippen LogP contribution in [-0.2, 0) is 10.4 Å². The van der Waals surface area contributed by atoms with Crippen LogP contribution in [-0.4, -0.2) is 44.4 Å². The molecule has 1 saturated heterocycles. The van der Waals surface area contributed by atoms with Crippen LogP contribution in [0.1, 0.15) is 27.9 Å². The number of hydrogen-bond acceptors (Lipinski definition) is 6. The highest BCUT2D eigenvalue weighted by Crippen LogP contribution is 2.51. The lowest BCUT2D eigenvalue weighted by Crippen LogP contribution is -2.50. The molecule has 0 spiro atoms. The predicted octanol–water partition coefficient (Wildman–Crippen LogP) is 6.79. The lowest BCUT2D eigenvalue weighted by Gasteiger charge is -2.47. The summed E-state index contributed by atoms with van der Waals surface area (Å²) in [5, 5.41) is 7.51. The van der Waals surface area contributed by atoms with Crippen LogP contribution >= 0.6 is 45.1 Å². The summed E-state index contributed by atoms with van der Waals surface area (Å²) in [7, 11) is -2.63. The van der Waals surface area contributed by atoms with Gasteiger partial charge < -0.3 is 10.2 Å². The van der Waals surface area contributed by atoms with E-state index in [1.54, 1.807) is 11.4 Å². The smallest absolute Gasteiger partial charge is 0.374 e. The van der Waals surface area contributed by atoms with Crippen molar-refractivity contribution in [1.29, 1.82) is 0 Å². The van der Waals surface area contributed by atoms with E-state index in [9.17, 15) is 31.5 Å². The first-order chi connectivity index (χ1) is 16.8. The Hall–Kier alpha value is -2.09. The van der Waals surface area contributed by atoms with Gasteiger partial charge in [0.25, 0.3) is 11.5 Å². The molecule has 3 N–H and O–H groups in total. The van der Waals surface area contributed by atoms with E-state index in [4.69, 9.17) is 28.0 Å². The normalized spacial score (nSPS) is 22.6. The van der Waals surface area contributed by atoms with Crippen molar-refractivity contribution < 1.29 is 36.3 Å². The second-order valence-electron chi connectivity index (χ2n) is 8.51. The third-order valence-electron chi connectivity index (χ3n) is 6.08. The summed E-state index contributed by atoms with van der Waals surface area (Å²) >= 11 is 12.7. The first-order valence-electron chi connectivity index (χ1n) is 10.3. The minimum atomic E-state index is -4.95. The number of nitrogens with zero attached hydrogens (tertiary/aromatic N) is 1. The summed E-state index contributed by atoms with van der Waals surface area (Å²) in [5.41, 5.74) is -2.81. The monoisotopic (exact) mass is 582 g/mol. The van der Waals surface area contributed by atoms with Crippen molar-refractivity contribution in [2.45, 2.75) is 24.2 Å². The molecule has 1 unspecified atom stereocenters. The summed E-state index contributed by atoms with van der Waals surface area (Å²) in [4.78, 5) is 17.8.